The summed E-state index contributed by atoms with van der Waals surface area (Å²) in [4.78, 5) is 0. The first-order valence-electron chi connectivity index (χ1n) is 5.59. The molecule has 0 aliphatic heterocycles. The van der Waals surface area contributed by atoms with Crippen molar-refractivity contribution in [2.24, 2.45) is 5.92 Å². The Morgan fingerprint density at radius 1 is 1.06 bits per heavy atom. The number of nitrogens with one attached hydrogen (secondary N) is 1. The molecule has 0 amide bonds. The van der Waals surface area contributed by atoms with Crippen LogP contribution in [-0.4, -0.2) is 13.1 Å². The second kappa shape index (κ2) is 5.90. The Hall–Kier alpha value is -0.240. The first-order valence-corrected chi connectivity index (χ1v) is 6.35. The highest BCUT2D eigenvalue weighted by molar-refractivity contribution is 6.42. The third-order valence-corrected chi connectivity index (χ3v) is 3.80. The molecular formula is C13H19Cl2N. The molecule has 0 spiro atoms. The molecule has 0 saturated carbocycles. The third-order valence-electron chi connectivity index (χ3n) is 3.06. The number of halogens is 2. The van der Waals surface area contributed by atoms with Gasteiger partial charge in [0.15, 0.2) is 0 Å². The smallest absolute Gasteiger partial charge is 0.0595 e. The fourth-order valence-corrected chi connectivity index (χ4v) is 2.47. The molecule has 0 aliphatic rings. The average molecular weight is 260 g/mol. The van der Waals surface area contributed by atoms with Gasteiger partial charge < -0.3 is 5.32 Å². The van der Waals surface area contributed by atoms with Crippen LogP contribution in [0.3, 0.4) is 0 Å². The zero-order chi connectivity index (χ0) is 12.3. The molecule has 1 aromatic rings. The van der Waals surface area contributed by atoms with Crippen LogP contribution >= 0.6 is 23.2 Å². The predicted molar refractivity (Wildman–Crippen MR) is 72.6 cm³/mol. The second-order valence-electron chi connectivity index (χ2n) is 4.52. The van der Waals surface area contributed by atoms with E-state index in [2.05, 4.69) is 26.1 Å². The fraction of sp³-hybridized carbons (Fsp3) is 0.538. The quantitative estimate of drug-likeness (QED) is 0.849. The maximum atomic E-state index is 6.03. The monoisotopic (exact) mass is 259 g/mol. The summed E-state index contributed by atoms with van der Waals surface area (Å²) in [6, 6.07) is 6.31. The molecule has 0 bridgehead atoms. The molecule has 0 saturated heterocycles. The maximum absolute atomic E-state index is 6.03. The molecule has 1 nitrogen and oxygen atoms in total. The molecule has 1 N–H and O–H groups in total. The van der Waals surface area contributed by atoms with Crippen LogP contribution < -0.4 is 5.32 Å². The summed E-state index contributed by atoms with van der Waals surface area (Å²) in [5, 5.41) is 4.60. The van der Waals surface area contributed by atoms with Gasteiger partial charge in [-0.05, 0) is 36.6 Å². The van der Waals surface area contributed by atoms with Gasteiger partial charge in [-0.15, -0.1) is 0 Å². The number of hydrogen-bond acceptors (Lipinski definition) is 1. The van der Waals surface area contributed by atoms with Crippen LogP contribution in [0, 0.1) is 5.92 Å². The Morgan fingerprint density at radius 2 is 1.69 bits per heavy atom. The molecule has 0 radical (unpaired) electrons. The van der Waals surface area contributed by atoms with E-state index in [9.17, 15) is 0 Å². The van der Waals surface area contributed by atoms with E-state index in [-0.39, 0.29) is 0 Å². The summed E-state index contributed by atoms with van der Waals surface area (Å²) in [7, 11) is 2.00. The average Bonchev–Trinajstić information content (AvgIpc) is 2.22. The highest BCUT2D eigenvalue weighted by Crippen LogP contribution is 2.29. The van der Waals surface area contributed by atoms with Gasteiger partial charge in [0.25, 0.3) is 0 Å². The topological polar surface area (TPSA) is 12.0 Å². The van der Waals surface area contributed by atoms with Gasteiger partial charge in [-0.25, -0.2) is 0 Å². The summed E-state index contributed by atoms with van der Waals surface area (Å²) in [6.07, 6.45) is 0. The van der Waals surface area contributed by atoms with Crippen LogP contribution in [0.2, 0.25) is 10.0 Å². The second-order valence-corrected chi connectivity index (χ2v) is 5.34. The first-order chi connectivity index (χ1) is 7.47. The van der Waals surface area contributed by atoms with Crippen LogP contribution in [0.25, 0.3) is 0 Å². The lowest BCUT2D eigenvalue weighted by atomic mass is 9.86. The van der Waals surface area contributed by atoms with Crippen LogP contribution in [0.15, 0.2) is 18.2 Å². The van der Waals surface area contributed by atoms with Crippen molar-refractivity contribution in [3.05, 3.63) is 33.8 Å². The third kappa shape index (κ3) is 3.13. The van der Waals surface area contributed by atoms with Crippen molar-refractivity contribution < 1.29 is 0 Å². The van der Waals surface area contributed by atoms with Crippen LogP contribution in [-0.2, 0) is 0 Å². The van der Waals surface area contributed by atoms with Crippen molar-refractivity contribution in [1.29, 1.82) is 0 Å². The molecule has 2 atom stereocenters. The summed E-state index contributed by atoms with van der Waals surface area (Å²) in [6.45, 7) is 6.64. The maximum Gasteiger partial charge on any atom is 0.0595 e. The van der Waals surface area contributed by atoms with Crippen molar-refractivity contribution in [3.8, 4) is 0 Å². The van der Waals surface area contributed by atoms with E-state index in [1.54, 1.807) is 0 Å². The van der Waals surface area contributed by atoms with E-state index in [1.165, 1.54) is 5.56 Å². The van der Waals surface area contributed by atoms with Crippen molar-refractivity contribution in [3.63, 3.8) is 0 Å². The molecule has 0 aliphatic carbocycles. The van der Waals surface area contributed by atoms with E-state index < -0.39 is 0 Å². The summed E-state index contributed by atoms with van der Waals surface area (Å²) >= 11 is 11.9. The molecule has 0 heterocycles. The van der Waals surface area contributed by atoms with Crippen LogP contribution in [0.1, 0.15) is 32.3 Å². The number of hydrogen-bond donors (Lipinski definition) is 1. The van der Waals surface area contributed by atoms with Gasteiger partial charge in [-0.1, -0.05) is 50.0 Å². The molecule has 3 heteroatoms. The van der Waals surface area contributed by atoms with Crippen LogP contribution in [0.4, 0.5) is 0 Å². The zero-order valence-corrected chi connectivity index (χ0v) is 11.7. The first kappa shape index (κ1) is 13.8. The van der Waals surface area contributed by atoms with Gasteiger partial charge >= 0.3 is 0 Å². The number of rotatable bonds is 4. The molecule has 0 aromatic heterocycles. The molecular weight excluding hydrogens is 241 g/mol. The highest BCUT2D eigenvalue weighted by atomic mass is 35.5. The molecule has 2 unspecified atom stereocenters. The molecule has 0 fully saturated rings. The SMILES string of the molecule is CNC(C(C)C)C(C)c1ccc(Cl)c(Cl)c1. The van der Waals surface area contributed by atoms with E-state index in [4.69, 9.17) is 23.2 Å². The van der Waals surface area contributed by atoms with Crippen molar-refractivity contribution >= 4 is 23.2 Å². The summed E-state index contributed by atoms with van der Waals surface area (Å²) in [5.41, 5.74) is 1.22. The Morgan fingerprint density at radius 3 is 2.12 bits per heavy atom. The predicted octanol–water partition coefficient (Wildman–Crippen LogP) is 4.34. The molecule has 16 heavy (non-hydrogen) atoms. The van der Waals surface area contributed by atoms with Gasteiger partial charge in [-0.3, -0.25) is 0 Å². The van der Waals surface area contributed by atoms with E-state index in [1.807, 2.05) is 25.2 Å². The van der Waals surface area contributed by atoms with Gasteiger partial charge in [0, 0.05) is 6.04 Å². The molecule has 1 aromatic carbocycles. The lowest BCUT2D eigenvalue weighted by Crippen LogP contribution is -2.35. The lowest BCUT2D eigenvalue weighted by molar-refractivity contribution is 0.376. The minimum Gasteiger partial charge on any atom is -0.316 e. The molecule has 90 valence electrons. The van der Waals surface area contributed by atoms with Gasteiger partial charge in [0.2, 0.25) is 0 Å². The lowest BCUT2D eigenvalue weighted by Gasteiger charge is -2.27. The van der Waals surface area contributed by atoms with Crippen molar-refractivity contribution in [1.82, 2.24) is 5.32 Å². The standard InChI is InChI=1S/C13H19Cl2N/c1-8(2)13(16-4)9(3)10-5-6-11(14)12(15)7-10/h5-9,13,16H,1-4H3. The van der Waals surface area contributed by atoms with E-state index in [0.29, 0.717) is 27.9 Å². The largest absolute Gasteiger partial charge is 0.316 e. The van der Waals surface area contributed by atoms with Crippen LogP contribution in [0.5, 0.6) is 0 Å². The van der Waals surface area contributed by atoms with Crippen molar-refractivity contribution in [2.45, 2.75) is 32.7 Å². The van der Waals surface area contributed by atoms with Gasteiger partial charge in [-0.2, -0.15) is 0 Å². The number of likely N-dealkylation sites (N-methyl/N-ethyl adjacent to an activating group) is 1. The Balaban J connectivity index is 2.94. The summed E-state index contributed by atoms with van der Waals surface area (Å²) in [5.74, 6) is 0.995. The van der Waals surface area contributed by atoms with Gasteiger partial charge in [0.1, 0.15) is 0 Å². The molecule has 1 rings (SSSR count). The Labute approximate surface area is 108 Å². The minimum atomic E-state index is 0.416. The number of benzene rings is 1. The Bertz CT molecular complexity index is 350. The minimum absolute atomic E-state index is 0.416. The van der Waals surface area contributed by atoms with E-state index >= 15 is 0 Å². The highest BCUT2D eigenvalue weighted by Gasteiger charge is 2.20. The van der Waals surface area contributed by atoms with E-state index in [0.717, 1.165) is 0 Å². The zero-order valence-electron chi connectivity index (χ0n) is 10.2. The Kier molecular flexibility index (Phi) is 5.10. The van der Waals surface area contributed by atoms with Crippen molar-refractivity contribution in [2.75, 3.05) is 7.05 Å². The summed E-state index contributed by atoms with van der Waals surface area (Å²) < 4.78 is 0. The van der Waals surface area contributed by atoms with Gasteiger partial charge in [0.05, 0.1) is 10.0 Å². The normalized spacial score (nSPS) is 15.2. The fourth-order valence-electron chi connectivity index (χ4n) is 2.16.